The van der Waals surface area contributed by atoms with Gasteiger partial charge in [-0.05, 0) is 66.9 Å². The first-order valence-electron chi connectivity index (χ1n) is 14.8. The minimum atomic E-state index is -4.32. The van der Waals surface area contributed by atoms with E-state index in [-0.39, 0.29) is 39.5 Å². The molecule has 1 N–H and O–H groups in total. The lowest BCUT2D eigenvalue weighted by molar-refractivity contribution is -0.140. The molecule has 0 aliphatic heterocycles. The molecule has 0 bridgehead atoms. The number of hydrogen-bond acceptors (Lipinski definition) is 5. The maximum Gasteiger partial charge on any atom is 0.264 e. The Hall–Kier alpha value is -4.05. The number of nitrogens with one attached hydrogen (secondary N) is 1. The fourth-order valence-corrected chi connectivity index (χ4v) is 6.78. The monoisotopic (exact) mass is 681 g/mol. The average Bonchev–Trinajstić information content (AvgIpc) is 3.05. The lowest BCUT2D eigenvalue weighted by Crippen LogP contribution is -2.53. The smallest absolute Gasteiger partial charge is 0.264 e. The third-order valence-electron chi connectivity index (χ3n) is 7.37. The molecule has 0 aliphatic rings. The standard InChI is InChI=1S/C35H37Cl2N3O5S/c1-4-19-38-35(42)33(21-26-9-6-5-7-10-26)39(23-27-11-8-12-29(20-27)45-3)34(41)24-40(32-22-28(36)15-18-31(32)37)46(43,44)30-16-13-25(2)14-17-30/h5-18,20,22,33H,4,19,21,23-24H2,1-3H3,(H,38,42)/t33-/m0/s1. The molecule has 0 radical (unpaired) electrons. The zero-order valence-electron chi connectivity index (χ0n) is 26.0. The van der Waals surface area contributed by atoms with Crippen molar-refractivity contribution < 1.29 is 22.7 Å². The zero-order valence-corrected chi connectivity index (χ0v) is 28.3. The molecule has 0 spiro atoms. The number of halogens is 2. The summed E-state index contributed by atoms with van der Waals surface area (Å²) >= 11 is 12.8. The highest BCUT2D eigenvalue weighted by atomic mass is 35.5. The first-order chi connectivity index (χ1) is 22.0. The van der Waals surface area contributed by atoms with E-state index in [1.165, 1.54) is 35.2 Å². The minimum absolute atomic E-state index is 0.00871. The van der Waals surface area contributed by atoms with E-state index < -0.39 is 28.5 Å². The highest BCUT2D eigenvalue weighted by molar-refractivity contribution is 7.92. The Morgan fingerprint density at radius 1 is 0.891 bits per heavy atom. The van der Waals surface area contributed by atoms with Crippen molar-refractivity contribution in [3.05, 3.63) is 124 Å². The van der Waals surface area contributed by atoms with Gasteiger partial charge in [-0.3, -0.25) is 13.9 Å². The second-order valence-electron chi connectivity index (χ2n) is 10.8. The van der Waals surface area contributed by atoms with Gasteiger partial charge >= 0.3 is 0 Å². The molecule has 46 heavy (non-hydrogen) atoms. The van der Waals surface area contributed by atoms with Crippen molar-refractivity contribution in [3.63, 3.8) is 0 Å². The van der Waals surface area contributed by atoms with E-state index in [1.807, 2.05) is 50.2 Å². The molecule has 0 aromatic heterocycles. The Kier molecular flexibility index (Phi) is 12.1. The Morgan fingerprint density at radius 3 is 2.26 bits per heavy atom. The van der Waals surface area contributed by atoms with Crippen molar-refractivity contribution in [1.29, 1.82) is 0 Å². The fourth-order valence-electron chi connectivity index (χ4n) is 4.92. The van der Waals surface area contributed by atoms with Gasteiger partial charge in [-0.2, -0.15) is 0 Å². The van der Waals surface area contributed by atoms with Gasteiger partial charge in [0.15, 0.2) is 0 Å². The molecule has 1 atom stereocenters. The van der Waals surface area contributed by atoms with Crippen LogP contribution in [0.5, 0.6) is 5.75 Å². The number of aryl methyl sites for hydroxylation is 1. The van der Waals surface area contributed by atoms with Gasteiger partial charge in [-0.1, -0.05) is 90.3 Å². The number of methoxy groups -OCH3 is 1. The third-order valence-corrected chi connectivity index (χ3v) is 9.70. The summed E-state index contributed by atoms with van der Waals surface area (Å²) in [6, 6.07) is 26.3. The zero-order chi connectivity index (χ0) is 33.3. The number of amides is 2. The van der Waals surface area contributed by atoms with Crippen LogP contribution in [0.25, 0.3) is 0 Å². The average molecular weight is 683 g/mol. The SMILES string of the molecule is CCCNC(=O)[C@H](Cc1ccccc1)N(Cc1cccc(OC)c1)C(=O)CN(c1cc(Cl)ccc1Cl)S(=O)(=O)c1ccc(C)cc1. The molecule has 0 unspecified atom stereocenters. The maximum absolute atomic E-state index is 14.6. The van der Waals surface area contributed by atoms with Crippen LogP contribution in [0, 0.1) is 6.92 Å². The molecule has 0 saturated heterocycles. The molecule has 11 heteroatoms. The molecule has 2 amide bonds. The van der Waals surface area contributed by atoms with E-state index in [2.05, 4.69) is 5.32 Å². The van der Waals surface area contributed by atoms with Crippen molar-refractivity contribution >= 4 is 50.7 Å². The van der Waals surface area contributed by atoms with E-state index in [1.54, 1.807) is 37.4 Å². The number of anilines is 1. The molecule has 4 aromatic carbocycles. The van der Waals surface area contributed by atoms with Crippen molar-refractivity contribution in [2.24, 2.45) is 0 Å². The van der Waals surface area contributed by atoms with Gasteiger partial charge < -0.3 is 15.0 Å². The van der Waals surface area contributed by atoms with Crippen LogP contribution in [-0.4, -0.2) is 51.4 Å². The lowest BCUT2D eigenvalue weighted by atomic mass is 10.0. The number of rotatable bonds is 14. The van der Waals surface area contributed by atoms with Crippen molar-refractivity contribution in [1.82, 2.24) is 10.2 Å². The molecule has 4 aromatic rings. The minimum Gasteiger partial charge on any atom is -0.497 e. The van der Waals surface area contributed by atoms with Gasteiger partial charge in [0.2, 0.25) is 11.8 Å². The van der Waals surface area contributed by atoms with Gasteiger partial charge in [-0.25, -0.2) is 8.42 Å². The van der Waals surface area contributed by atoms with Gasteiger partial charge in [0.25, 0.3) is 10.0 Å². The summed E-state index contributed by atoms with van der Waals surface area (Å²) in [5, 5.41) is 3.26. The predicted octanol–water partition coefficient (Wildman–Crippen LogP) is 6.67. The first kappa shape index (κ1) is 34.8. The number of carbonyl (C=O) groups is 2. The van der Waals surface area contributed by atoms with Crippen molar-refractivity contribution in [2.45, 2.75) is 44.2 Å². The van der Waals surface area contributed by atoms with Crippen LogP contribution in [0.2, 0.25) is 10.0 Å². The fraction of sp³-hybridized carbons (Fsp3) is 0.257. The van der Waals surface area contributed by atoms with Crippen LogP contribution in [0.4, 0.5) is 5.69 Å². The van der Waals surface area contributed by atoms with Gasteiger partial charge in [0.05, 0.1) is 22.7 Å². The van der Waals surface area contributed by atoms with Gasteiger partial charge in [0, 0.05) is 24.5 Å². The van der Waals surface area contributed by atoms with E-state index in [0.29, 0.717) is 24.3 Å². The van der Waals surface area contributed by atoms with E-state index >= 15 is 0 Å². The number of ether oxygens (including phenoxy) is 1. The van der Waals surface area contributed by atoms with Crippen LogP contribution < -0.4 is 14.4 Å². The molecule has 242 valence electrons. The summed E-state index contributed by atoms with van der Waals surface area (Å²) in [6.07, 6.45) is 0.901. The van der Waals surface area contributed by atoms with Crippen LogP contribution in [0.3, 0.4) is 0 Å². The van der Waals surface area contributed by atoms with Crippen LogP contribution in [0.1, 0.15) is 30.0 Å². The Labute approximate surface area is 280 Å². The molecule has 4 rings (SSSR count). The van der Waals surface area contributed by atoms with Gasteiger partial charge in [-0.15, -0.1) is 0 Å². The molecule has 8 nitrogen and oxygen atoms in total. The summed E-state index contributed by atoms with van der Waals surface area (Å²) in [6.45, 7) is 3.56. The van der Waals surface area contributed by atoms with E-state index in [0.717, 1.165) is 15.4 Å². The normalized spacial score (nSPS) is 11.8. The van der Waals surface area contributed by atoms with Crippen LogP contribution in [-0.2, 0) is 32.6 Å². The summed E-state index contributed by atoms with van der Waals surface area (Å²) < 4.78 is 34.8. The molecular formula is C35H37Cl2N3O5S. The summed E-state index contributed by atoms with van der Waals surface area (Å²) in [4.78, 5) is 29.7. The van der Waals surface area contributed by atoms with Gasteiger partial charge in [0.1, 0.15) is 18.3 Å². The van der Waals surface area contributed by atoms with Crippen molar-refractivity contribution in [2.75, 3.05) is 24.5 Å². The third kappa shape index (κ3) is 8.81. The molecule has 0 heterocycles. The molecule has 0 fully saturated rings. The molecule has 0 aliphatic carbocycles. The summed E-state index contributed by atoms with van der Waals surface area (Å²) in [5.41, 5.74) is 2.44. The van der Waals surface area contributed by atoms with E-state index in [4.69, 9.17) is 27.9 Å². The van der Waals surface area contributed by atoms with Crippen molar-refractivity contribution in [3.8, 4) is 5.75 Å². The predicted molar refractivity (Wildman–Crippen MR) is 183 cm³/mol. The second kappa shape index (κ2) is 16.0. The topological polar surface area (TPSA) is 96.0 Å². The number of sulfonamides is 1. The summed E-state index contributed by atoms with van der Waals surface area (Å²) in [7, 11) is -2.78. The Bertz CT molecular complexity index is 1750. The first-order valence-corrected chi connectivity index (χ1v) is 17.0. The Morgan fingerprint density at radius 2 is 1.59 bits per heavy atom. The highest BCUT2D eigenvalue weighted by Gasteiger charge is 2.35. The number of nitrogens with zero attached hydrogens (tertiary/aromatic N) is 2. The second-order valence-corrected chi connectivity index (χ2v) is 13.5. The molecular weight excluding hydrogens is 645 g/mol. The largest absolute Gasteiger partial charge is 0.497 e. The molecule has 0 saturated carbocycles. The van der Waals surface area contributed by atoms with Crippen LogP contribution in [0.15, 0.2) is 102 Å². The van der Waals surface area contributed by atoms with Crippen LogP contribution >= 0.6 is 23.2 Å². The number of carbonyl (C=O) groups excluding carboxylic acids is 2. The quantitative estimate of drug-likeness (QED) is 0.160. The Balaban J connectivity index is 1.83. The number of benzene rings is 4. The lowest BCUT2D eigenvalue weighted by Gasteiger charge is -2.34. The number of hydrogen-bond donors (Lipinski definition) is 1. The maximum atomic E-state index is 14.6. The highest BCUT2D eigenvalue weighted by Crippen LogP contribution is 2.33. The summed E-state index contributed by atoms with van der Waals surface area (Å²) in [5.74, 6) is -0.382. The van der Waals surface area contributed by atoms with E-state index in [9.17, 15) is 18.0 Å².